The maximum atomic E-state index is 15.5. The van der Waals surface area contributed by atoms with Gasteiger partial charge in [-0.2, -0.15) is 0 Å². The van der Waals surface area contributed by atoms with Crippen LogP contribution in [-0.4, -0.2) is 81.2 Å². The number of primary amides is 2. The zero-order chi connectivity index (χ0) is 45.3. The Labute approximate surface area is 360 Å². The van der Waals surface area contributed by atoms with Gasteiger partial charge in [-0.3, -0.25) is 39.6 Å². The summed E-state index contributed by atoms with van der Waals surface area (Å²) in [6, 6.07) is 17.3. The molecule has 4 unspecified atom stereocenters. The van der Waals surface area contributed by atoms with Crippen molar-refractivity contribution in [2.45, 2.75) is 103 Å². The molecule has 2 heterocycles. The van der Waals surface area contributed by atoms with Gasteiger partial charge in [0.2, 0.25) is 11.8 Å². The monoisotopic (exact) mass is 853 g/mol. The molecule has 2 saturated heterocycles. The van der Waals surface area contributed by atoms with Crippen LogP contribution >= 0.6 is 0 Å². The molecule has 6 amide bonds. The molecule has 6 atom stereocenters. The lowest BCUT2D eigenvalue weighted by molar-refractivity contribution is -0.155. The highest BCUT2D eigenvalue weighted by atomic mass is 19.1. The second-order valence-corrected chi connectivity index (χ2v) is 18.5. The molecule has 0 spiro atoms. The molecule has 0 radical (unpaired) electrons. The third-order valence-corrected chi connectivity index (χ3v) is 14.9. The number of nitrogens with zero attached hydrogens (tertiary/aromatic N) is 3. The Hall–Kier alpha value is -5.87. The first-order valence-electron chi connectivity index (χ1n) is 21.1. The normalized spacial score (nSPS) is 27.7. The van der Waals surface area contributed by atoms with E-state index in [4.69, 9.17) is 11.5 Å². The Balaban J connectivity index is 1.55. The van der Waals surface area contributed by atoms with Gasteiger partial charge in [-0.1, -0.05) is 76.2 Å². The molecule has 8 N–H and O–H groups in total. The molecule has 3 aromatic rings. The van der Waals surface area contributed by atoms with Gasteiger partial charge in [0.15, 0.2) is 0 Å². The lowest BCUT2D eigenvalue weighted by atomic mass is 9.60. The van der Waals surface area contributed by atoms with Crippen LogP contribution in [0.15, 0.2) is 60.7 Å². The Morgan fingerprint density at radius 3 is 1.48 bits per heavy atom. The van der Waals surface area contributed by atoms with Gasteiger partial charge in [-0.25, -0.2) is 14.0 Å². The van der Waals surface area contributed by atoms with Crippen LogP contribution in [0, 0.1) is 42.3 Å². The number of hydrogen-bond acceptors (Lipinski definition) is 9. The number of likely N-dealkylation sites (tertiary alicyclic amines) is 2. The molecule has 2 fully saturated rings. The topological polar surface area (TPSA) is 229 Å². The van der Waals surface area contributed by atoms with Crippen LogP contribution in [0.3, 0.4) is 0 Å². The van der Waals surface area contributed by atoms with Gasteiger partial charge in [0, 0.05) is 41.4 Å². The second-order valence-electron chi connectivity index (χ2n) is 18.5. The predicted octanol–water partition coefficient (Wildman–Crippen LogP) is 4.84. The molecule has 0 aromatic heterocycles. The highest BCUT2D eigenvalue weighted by Crippen LogP contribution is 2.58. The van der Waals surface area contributed by atoms with Crippen LogP contribution in [0.1, 0.15) is 86.8 Å². The summed E-state index contributed by atoms with van der Waals surface area (Å²) >= 11 is 0. The maximum absolute atomic E-state index is 15.5. The first-order chi connectivity index (χ1) is 29.1. The first-order valence-corrected chi connectivity index (χ1v) is 21.1. The van der Waals surface area contributed by atoms with Crippen molar-refractivity contribution in [2.75, 3.05) is 18.0 Å². The van der Waals surface area contributed by atoms with E-state index < -0.39 is 87.7 Å². The first kappa shape index (κ1) is 44.2. The number of carbonyl (C=O) groups excluding carboxylic acids is 4. The summed E-state index contributed by atoms with van der Waals surface area (Å²) < 4.78 is 15.5. The van der Waals surface area contributed by atoms with Crippen molar-refractivity contribution in [3.63, 3.8) is 0 Å². The number of anilines is 1. The van der Waals surface area contributed by atoms with Crippen molar-refractivity contribution in [3.05, 3.63) is 99.9 Å². The van der Waals surface area contributed by atoms with Gasteiger partial charge in [0.1, 0.15) is 16.9 Å². The Morgan fingerprint density at radius 1 is 0.677 bits per heavy atom. The van der Waals surface area contributed by atoms with E-state index in [1.807, 2.05) is 34.1 Å². The highest BCUT2D eigenvalue weighted by Gasteiger charge is 2.67. The zero-order valence-electron chi connectivity index (χ0n) is 36.0. The number of amides is 6. The fourth-order valence-electron chi connectivity index (χ4n) is 12.0. The van der Waals surface area contributed by atoms with E-state index in [-0.39, 0.29) is 25.9 Å². The number of imide groups is 2. The molecule has 16 heteroatoms. The second kappa shape index (κ2) is 15.8. The number of hydrogen-bond donors (Lipinski definition) is 6. The van der Waals surface area contributed by atoms with Crippen LogP contribution in [0.2, 0.25) is 0 Å². The molecule has 7 rings (SSSR count). The van der Waals surface area contributed by atoms with Gasteiger partial charge in [-0.15, -0.1) is 0 Å². The number of halogens is 1. The maximum Gasteiger partial charge on any atom is 0.411 e. The number of nitrogens with one attached hydrogen (secondary N) is 2. The lowest BCUT2D eigenvalue weighted by Crippen LogP contribution is -2.73. The van der Waals surface area contributed by atoms with E-state index in [0.717, 1.165) is 11.1 Å². The summed E-state index contributed by atoms with van der Waals surface area (Å²) in [4.78, 5) is 88.6. The Bertz CT molecular complexity index is 2240. The van der Waals surface area contributed by atoms with Crippen LogP contribution in [0.25, 0.3) is 0 Å². The molecule has 15 nitrogen and oxygen atoms in total. The fraction of sp³-hybridized carbons (Fsp3) is 0.478. The Morgan fingerprint density at radius 2 is 1.10 bits per heavy atom. The van der Waals surface area contributed by atoms with Crippen molar-refractivity contribution < 1.29 is 43.4 Å². The molecule has 2 aliphatic carbocycles. The van der Waals surface area contributed by atoms with Gasteiger partial charge in [0.25, 0.3) is 11.8 Å². The molecule has 4 bridgehead atoms. The summed E-state index contributed by atoms with van der Waals surface area (Å²) in [5, 5.41) is 24.7. The van der Waals surface area contributed by atoms with Gasteiger partial charge in [0.05, 0.1) is 12.3 Å². The third kappa shape index (κ3) is 6.52. The zero-order valence-corrected chi connectivity index (χ0v) is 36.0. The summed E-state index contributed by atoms with van der Waals surface area (Å²) in [5.41, 5.74) is 9.74. The number of fused-ring (bicyclic) bond motifs is 4. The summed E-state index contributed by atoms with van der Waals surface area (Å²) in [5.74, 6) is -5.47. The van der Waals surface area contributed by atoms with E-state index in [9.17, 15) is 29.4 Å². The van der Waals surface area contributed by atoms with Gasteiger partial charge < -0.3 is 26.6 Å². The summed E-state index contributed by atoms with van der Waals surface area (Å²) in [6.07, 6.45) is -2.65. The van der Waals surface area contributed by atoms with E-state index in [0.29, 0.717) is 53.6 Å². The standard InChI is InChI=1S/C46H56FN7O8/c1-25-26(2)34(18-17-33(25)47)54(35-15-9-19-52(35)45(39(57)50-41(59)60)29-13-7-11-27(21-29)23-31(37(48)55)43(45,3)4)36-16-10-20-53(36)46(40(58)51-42(61)62)30-14-8-12-28(22-30)24-32(38(49)56)44(46,5)6/h7-8,11-14,17-18,21-22,31-32,35-36H,9-10,15-16,19-20,23-24H2,1-6H3,(H2,48,55)(H2,49,56)(H,50,57)(H,51,58)(H,59,60)(H,61,62)/t31?,32?,35?,36?,45-,46-/m0/s1. The minimum atomic E-state index is -1.87. The fourth-order valence-corrected chi connectivity index (χ4v) is 12.0. The highest BCUT2D eigenvalue weighted by molar-refractivity contribution is 6.00. The average Bonchev–Trinajstić information content (AvgIpc) is 3.84. The predicted molar refractivity (Wildman–Crippen MR) is 227 cm³/mol. The van der Waals surface area contributed by atoms with Crippen LogP contribution < -0.4 is 27.0 Å². The minimum Gasteiger partial charge on any atom is -0.465 e. The number of rotatable bonds is 9. The number of benzene rings is 3. The van der Waals surface area contributed by atoms with Crippen LogP contribution in [0.4, 0.5) is 19.7 Å². The summed E-state index contributed by atoms with van der Waals surface area (Å²) in [7, 11) is 0. The quantitative estimate of drug-likeness (QED) is 0.171. The molecule has 0 saturated carbocycles. The van der Waals surface area contributed by atoms with Gasteiger partial charge >= 0.3 is 12.2 Å². The molecule has 2 aliphatic heterocycles. The molecule has 4 aliphatic rings. The van der Waals surface area contributed by atoms with Crippen molar-refractivity contribution >= 4 is 41.5 Å². The molecular weight excluding hydrogens is 798 g/mol. The number of nitrogens with two attached hydrogens (primary N) is 2. The van der Waals surface area contributed by atoms with E-state index in [1.165, 1.54) is 6.07 Å². The lowest BCUT2D eigenvalue weighted by Gasteiger charge is -2.59. The smallest absolute Gasteiger partial charge is 0.411 e. The number of carbonyl (C=O) groups is 6. The van der Waals surface area contributed by atoms with E-state index in [1.54, 1.807) is 71.9 Å². The minimum absolute atomic E-state index is 0.184. The van der Waals surface area contributed by atoms with Crippen LogP contribution in [0.5, 0.6) is 0 Å². The molecule has 3 aromatic carbocycles. The molecule has 330 valence electrons. The van der Waals surface area contributed by atoms with Crippen molar-refractivity contribution in [3.8, 4) is 0 Å². The van der Waals surface area contributed by atoms with E-state index >= 15 is 14.0 Å². The van der Waals surface area contributed by atoms with Crippen LogP contribution in [-0.2, 0) is 43.1 Å². The SMILES string of the molecule is Cc1c(F)ccc(N(C2CCCN2[C@]2(C(=O)NC(=O)O)c3cccc(c3)CC(C(N)=O)C2(C)C)C2CCCN2[C@]2(C(=O)NC(=O)O)c3cccc(c3)CC(C(N)=O)C2(C)C)c1C. The molecule has 62 heavy (non-hydrogen) atoms. The van der Waals surface area contributed by atoms with Crippen molar-refractivity contribution in [2.24, 2.45) is 34.1 Å². The molecular formula is C46H56FN7O8. The van der Waals surface area contributed by atoms with Gasteiger partial charge in [-0.05, 0) is 97.9 Å². The summed E-state index contributed by atoms with van der Waals surface area (Å²) in [6.45, 7) is 10.9. The third-order valence-electron chi connectivity index (χ3n) is 14.9. The van der Waals surface area contributed by atoms with Crippen molar-refractivity contribution in [1.82, 2.24) is 20.4 Å². The Kier molecular flexibility index (Phi) is 11.3. The van der Waals surface area contributed by atoms with E-state index in [2.05, 4.69) is 15.5 Å². The van der Waals surface area contributed by atoms with Crippen molar-refractivity contribution in [1.29, 1.82) is 0 Å². The largest absolute Gasteiger partial charge is 0.465 e. The number of carboxylic acid groups (broad SMARTS) is 2. The average molecular weight is 854 g/mol.